The van der Waals surface area contributed by atoms with E-state index in [1.807, 2.05) is 0 Å². The topological polar surface area (TPSA) is 693 Å². The summed E-state index contributed by atoms with van der Waals surface area (Å²) in [6.45, 7) is 9.23. The van der Waals surface area contributed by atoms with Crippen molar-refractivity contribution in [1.82, 2.24) is 84.7 Å². The highest BCUT2D eigenvalue weighted by Crippen LogP contribution is 2.22. The van der Waals surface area contributed by atoms with Crippen LogP contribution in [0.15, 0.2) is 103 Å². The molecule has 42 nitrogen and oxygen atoms in total. The molecule has 29 N–H and O–H groups in total. The second-order valence-corrected chi connectivity index (χ2v) is 31.1. The van der Waals surface area contributed by atoms with E-state index in [1.54, 1.807) is 44.3 Å². The summed E-state index contributed by atoms with van der Waals surface area (Å²) in [6, 6.07) is -0.360. The third kappa shape index (κ3) is 33.6. The number of carbonyl (C=O) groups is 16. The fraction of sp³-hybridized carbons (Fsp3) is 0.463. The number of carboxylic acid groups (broad SMARTS) is 1. The molecule has 0 radical (unpaired) electrons. The number of primary amides is 1. The zero-order valence-corrected chi connectivity index (χ0v) is 72.2. The fourth-order valence-corrected chi connectivity index (χ4v) is 12.9. The molecule has 1 heterocycles. The average Bonchev–Trinajstić information content (AvgIpc) is 1.74. The Bertz CT molecular complexity index is 4600. The Morgan fingerprint density at radius 2 is 0.728 bits per heavy atom. The maximum atomic E-state index is 15.1. The minimum absolute atomic E-state index is 0.0433. The summed E-state index contributed by atoms with van der Waals surface area (Å²) < 4.78 is 0. The summed E-state index contributed by atoms with van der Waals surface area (Å²) in [6.07, 6.45) is -3.83. The third-order valence-corrected chi connectivity index (χ3v) is 20.6. The quantitative estimate of drug-likeness (QED) is 0.00748. The average molecular weight is 1800 g/mol. The van der Waals surface area contributed by atoms with Gasteiger partial charge in [-0.1, -0.05) is 68.4 Å². The number of hydrogen-bond donors (Lipinski definition) is 29. The SMILES string of the molecule is CC(C)[C@H](NC(=O)[C@@H](N)[C@@H](C)O)C(=O)N[C@@H](CS)C(=O)N[C@H](C(=O)N[C@@H](Cc1c[nH]c2ccccc12)C(=O)N[C@@H](Cc1ccc(O)cc1)C(=O)N[C@@H](CS)C(=O)N[C@@H](Cc1ccc(O)cc1)C(=O)N[C@@H](CS)C(=O)N[C@@H](C)C(=O)N[C@@H](C)C(=O)N[C@@H](Cc1ccc(O)cc1)C(=O)N[C@@H](CCC(N)=O)C(=O)N[C@@H](CCCNC(=N)N)C(=O)N[C@@H](C)C(=O)O)[C@@H](C)O. The number of nitrogens with one attached hydrogen (secondary N) is 17. The lowest BCUT2D eigenvalue weighted by Crippen LogP contribution is -2.63. The van der Waals surface area contributed by atoms with Gasteiger partial charge in [-0.05, 0) is 125 Å². The second kappa shape index (κ2) is 50.3. The van der Waals surface area contributed by atoms with Crippen LogP contribution in [0.2, 0.25) is 0 Å². The Morgan fingerprint density at radius 1 is 0.392 bits per heavy atom. The van der Waals surface area contributed by atoms with Crippen molar-refractivity contribution in [3.63, 3.8) is 0 Å². The molecular formula is C80H112N20O22S3. The third-order valence-electron chi connectivity index (χ3n) is 19.5. The van der Waals surface area contributed by atoms with Gasteiger partial charge in [-0.2, -0.15) is 37.9 Å². The van der Waals surface area contributed by atoms with Crippen LogP contribution in [0.25, 0.3) is 10.9 Å². The number of amides is 15. The Balaban J connectivity index is 1.35. The van der Waals surface area contributed by atoms with E-state index in [1.165, 1.54) is 100 Å². The first-order chi connectivity index (χ1) is 58.9. The maximum absolute atomic E-state index is 15.1. The highest BCUT2D eigenvalue weighted by atomic mass is 32.1. The largest absolute Gasteiger partial charge is 0.508 e. The number of carbonyl (C=O) groups excluding carboxylic acids is 15. The molecule has 125 heavy (non-hydrogen) atoms. The summed E-state index contributed by atoms with van der Waals surface area (Å²) in [5, 5.41) is 106. The Morgan fingerprint density at radius 3 is 1.15 bits per heavy atom. The van der Waals surface area contributed by atoms with Gasteiger partial charge in [-0.25, -0.2) is 0 Å². The molecular weight excluding hydrogens is 1690 g/mol. The minimum Gasteiger partial charge on any atom is -0.508 e. The van der Waals surface area contributed by atoms with Crippen LogP contribution < -0.4 is 97.0 Å². The number of aromatic hydroxyl groups is 3. The van der Waals surface area contributed by atoms with Gasteiger partial charge in [0.1, 0.15) is 108 Å². The maximum Gasteiger partial charge on any atom is 0.325 e. The van der Waals surface area contributed by atoms with E-state index in [9.17, 15) is 103 Å². The van der Waals surface area contributed by atoms with Crippen LogP contribution in [-0.2, 0) is 102 Å². The van der Waals surface area contributed by atoms with E-state index >= 15 is 4.79 Å². The molecule has 45 heteroatoms. The van der Waals surface area contributed by atoms with E-state index < -0.39 is 234 Å². The van der Waals surface area contributed by atoms with Crippen molar-refractivity contribution >= 4 is 149 Å². The van der Waals surface area contributed by atoms with E-state index in [2.05, 4.69) is 123 Å². The summed E-state index contributed by atoms with van der Waals surface area (Å²) in [4.78, 5) is 225. The molecule has 0 saturated heterocycles. The molecule has 0 fully saturated rings. The molecule has 0 spiro atoms. The van der Waals surface area contributed by atoms with E-state index in [0.29, 0.717) is 33.2 Å². The number of aromatic amines is 1. The van der Waals surface area contributed by atoms with Gasteiger partial charge >= 0.3 is 5.97 Å². The molecule has 0 unspecified atom stereocenters. The van der Waals surface area contributed by atoms with E-state index in [0.717, 1.165) is 6.92 Å². The molecule has 1 aromatic heterocycles. The molecule has 5 aromatic rings. The van der Waals surface area contributed by atoms with Gasteiger partial charge < -0.3 is 133 Å². The number of hydrogen-bond acceptors (Lipinski definition) is 26. The summed E-state index contributed by atoms with van der Waals surface area (Å²) in [5.41, 5.74) is 18.7. The number of para-hydroxylation sites is 1. The number of carboxylic acids is 1. The number of phenols is 3. The van der Waals surface area contributed by atoms with Gasteiger partial charge in [0.15, 0.2) is 5.96 Å². The minimum atomic E-state index is -1.86. The van der Waals surface area contributed by atoms with Gasteiger partial charge in [0.25, 0.3) is 0 Å². The number of aliphatic hydroxyl groups is 2. The summed E-state index contributed by atoms with van der Waals surface area (Å²) in [7, 11) is 0. The highest BCUT2D eigenvalue weighted by molar-refractivity contribution is 7.80. The van der Waals surface area contributed by atoms with Crippen molar-refractivity contribution in [2.45, 2.75) is 203 Å². The smallest absolute Gasteiger partial charge is 0.325 e. The van der Waals surface area contributed by atoms with E-state index in [-0.39, 0.29) is 68.1 Å². The number of guanidine groups is 1. The Kier molecular flexibility index (Phi) is 41.5. The number of benzene rings is 4. The number of phenolic OH excluding ortho intramolecular Hbond substituents is 3. The van der Waals surface area contributed by atoms with Crippen molar-refractivity contribution in [2.75, 3.05) is 23.8 Å². The molecule has 0 aliphatic carbocycles. The van der Waals surface area contributed by atoms with Crippen LogP contribution >= 0.6 is 37.9 Å². The van der Waals surface area contributed by atoms with Crippen LogP contribution in [-0.4, -0.2) is 263 Å². The predicted molar refractivity (Wildman–Crippen MR) is 464 cm³/mol. The number of thiol groups is 3. The summed E-state index contributed by atoms with van der Waals surface area (Å²) in [5.74, 6) is -19.4. The molecule has 5 rings (SSSR count). The first-order valence-electron chi connectivity index (χ1n) is 39.6. The van der Waals surface area contributed by atoms with Crippen molar-refractivity contribution in [1.29, 1.82) is 5.41 Å². The Labute approximate surface area is 735 Å². The first-order valence-corrected chi connectivity index (χ1v) is 41.5. The first kappa shape index (κ1) is 103. The van der Waals surface area contributed by atoms with Crippen LogP contribution in [0.5, 0.6) is 17.2 Å². The monoisotopic (exact) mass is 1800 g/mol. The number of aliphatic carboxylic acids is 1. The highest BCUT2D eigenvalue weighted by Gasteiger charge is 2.39. The van der Waals surface area contributed by atoms with Crippen LogP contribution in [0.3, 0.4) is 0 Å². The van der Waals surface area contributed by atoms with Crippen molar-refractivity contribution in [3.8, 4) is 17.2 Å². The standard InChI is InChI=1S/C80H112N20O22S3/c1-37(2)63(99-76(118)62(82)41(6)101)77(119)98-60(36-125)75(117)100-64(42(7)102)78(120)95-57(32-46-33-86-51-12-9-8-11-50(46)51)72(114)93-55(30-44-16-22-48(104)23-17-44)70(112)97-59(35-124)74(116)94-56(31-45-18-24-49(105)25-19-45)71(113)96-58(34-123)73(115)88-38(3)65(107)87-39(4)66(108)92-54(29-43-14-20-47(103)21-15-43)69(111)91-53(26-27-61(81)106)68(110)90-52(13-10-28-85-80(83)84)67(109)89-40(5)79(121)122/h8-9,11-12,14-25,33,37-42,52-60,62-64,86,101-105,123-125H,10,13,26-32,34-36,82H2,1-7H3,(H2,81,106)(H,87,107)(H,88,115)(H,89,109)(H,90,110)(H,91,111)(H,92,108)(H,93,114)(H,94,116)(H,95,120)(H,96,113)(H,97,112)(H,98,119)(H,99,118)(H,100,117)(H,121,122)(H4,83,84,85)/t38-,39-,40-,41+,42+,52-,53-,54-,55-,56-,57-,58-,59-,60-,62-,63-,64-/m0/s1. The van der Waals surface area contributed by atoms with Crippen molar-refractivity contribution in [3.05, 3.63) is 126 Å². The number of aliphatic hydroxyl groups excluding tert-OH is 2. The zero-order valence-electron chi connectivity index (χ0n) is 69.5. The normalized spacial score (nSPS) is 15.2. The lowest BCUT2D eigenvalue weighted by Gasteiger charge is -2.29. The zero-order chi connectivity index (χ0) is 93.2. The number of fused-ring (bicyclic) bond motifs is 1. The van der Waals surface area contributed by atoms with Crippen molar-refractivity contribution < 1.29 is 107 Å². The molecule has 17 atom stereocenters. The van der Waals surface area contributed by atoms with Crippen LogP contribution in [0, 0.1) is 11.3 Å². The fourth-order valence-electron chi connectivity index (χ4n) is 12.2. The van der Waals surface area contributed by atoms with Gasteiger partial charge in [0.2, 0.25) is 88.6 Å². The number of rotatable bonds is 50. The molecule has 0 saturated carbocycles. The predicted octanol–water partition coefficient (Wildman–Crippen LogP) is -5.45. The van der Waals surface area contributed by atoms with Gasteiger partial charge in [0.05, 0.1) is 12.2 Å². The lowest BCUT2D eigenvalue weighted by molar-refractivity contribution is -0.142. The van der Waals surface area contributed by atoms with Gasteiger partial charge in [0, 0.05) is 73.0 Å². The van der Waals surface area contributed by atoms with Crippen molar-refractivity contribution in [2.24, 2.45) is 23.1 Å². The van der Waals surface area contributed by atoms with Gasteiger partial charge in [-0.3, -0.25) is 82.1 Å². The van der Waals surface area contributed by atoms with Crippen LogP contribution in [0.1, 0.15) is 96.4 Å². The molecule has 4 aromatic carbocycles. The molecule has 682 valence electrons. The number of aromatic nitrogens is 1. The lowest BCUT2D eigenvalue weighted by atomic mass is 10.0. The second-order valence-electron chi connectivity index (χ2n) is 30.0. The van der Waals surface area contributed by atoms with Gasteiger partial charge in [-0.15, -0.1) is 0 Å². The number of H-pyrrole nitrogens is 1. The Hall–Kier alpha value is -12.5. The summed E-state index contributed by atoms with van der Waals surface area (Å²) >= 11 is 12.9. The molecule has 0 aliphatic rings. The molecule has 0 aliphatic heterocycles. The molecule has 15 amide bonds. The molecule has 0 bridgehead atoms. The van der Waals surface area contributed by atoms with Crippen LogP contribution in [0.4, 0.5) is 0 Å². The van der Waals surface area contributed by atoms with E-state index in [4.69, 9.17) is 22.6 Å². The number of nitrogens with two attached hydrogens (primary N) is 3.